The molecule has 2 heteroatoms. The molecule has 0 radical (unpaired) electrons. The normalized spacial score (nSPS) is 43.0. The molecule has 0 nitrogen and oxygen atoms in total. The van der Waals surface area contributed by atoms with Gasteiger partial charge in [0.2, 0.25) is 0 Å². The predicted molar refractivity (Wildman–Crippen MR) is 39.7 cm³/mol. The van der Waals surface area contributed by atoms with Crippen LogP contribution in [0.4, 0.5) is 0 Å². The van der Waals surface area contributed by atoms with Crippen LogP contribution >= 0.6 is 38.5 Å². The van der Waals surface area contributed by atoms with Gasteiger partial charge in [0.1, 0.15) is 0 Å². The zero-order chi connectivity index (χ0) is 4.57. The fourth-order valence-corrected chi connectivity index (χ4v) is 2.69. The molecule has 0 aromatic carbocycles. The van der Waals surface area contributed by atoms with Crippen molar-refractivity contribution in [2.24, 2.45) is 5.92 Å². The monoisotopic (exact) mass is 260 g/mol. The number of alkyl halides is 2. The zero-order valence-electron chi connectivity index (χ0n) is 3.32. The van der Waals surface area contributed by atoms with E-state index in [0.29, 0.717) is 0 Å². The molecule has 1 fully saturated rings. The molecule has 2 atom stereocenters. The third-order valence-electron chi connectivity index (χ3n) is 1.03. The van der Waals surface area contributed by atoms with Crippen LogP contribution in [0.5, 0.6) is 0 Å². The Morgan fingerprint density at radius 1 is 1.83 bits per heavy atom. The molecule has 0 unspecified atom stereocenters. The molecular formula is C4H6BrI. The predicted octanol–water partition coefficient (Wildman–Crippen LogP) is 2.20. The van der Waals surface area contributed by atoms with Crippen molar-refractivity contribution >= 4 is 38.5 Å². The van der Waals surface area contributed by atoms with E-state index in [1.54, 1.807) is 0 Å². The van der Waals surface area contributed by atoms with Crippen LogP contribution in [0.1, 0.15) is 6.42 Å². The molecule has 0 bridgehead atoms. The van der Waals surface area contributed by atoms with Crippen LogP contribution in [-0.4, -0.2) is 9.25 Å². The topological polar surface area (TPSA) is 0 Å². The molecule has 1 aliphatic carbocycles. The largest absolute Gasteiger partial charge is 0.0925 e. The van der Waals surface area contributed by atoms with Crippen LogP contribution < -0.4 is 0 Å². The minimum absolute atomic E-state index is 0.988. The fraction of sp³-hybridized carbons (Fsp3) is 1.00. The lowest BCUT2D eigenvalue weighted by Crippen LogP contribution is -1.74. The highest BCUT2D eigenvalue weighted by Gasteiger charge is 2.32. The summed E-state index contributed by atoms with van der Waals surface area (Å²) in [5, 5.41) is 1.21. The van der Waals surface area contributed by atoms with Crippen LogP contribution in [0.15, 0.2) is 0 Å². The minimum atomic E-state index is 0.988. The van der Waals surface area contributed by atoms with Crippen molar-refractivity contribution in [1.82, 2.24) is 0 Å². The van der Waals surface area contributed by atoms with Gasteiger partial charge in [-0.15, -0.1) is 0 Å². The first-order valence-corrected chi connectivity index (χ1v) is 4.41. The lowest BCUT2D eigenvalue weighted by molar-refractivity contribution is 1.02. The van der Waals surface area contributed by atoms with E-state index in [-0.39, 0.29) is 0 Å². The van der Waals surface area contributed by atoms with Gasteiger partial charge in [-0.2, -0.15) is 0 Å². The lowest BCUT2D eigenvalue weighted by Gasteiger charge is -1.76. The van der Waals surface area contributed by atoms with Crippen molar-refractivity contribution in [3.05, 3.63) is 0 Å². The maximum atomic E-state index is 3.41. The first-order valence-electron chi connectivity index (χ1n) is 2.04. The van der Waals surface area contributed by atoms with Crippen molar-refractivity contribution < 1.29 is 0 Å². The molecule has 0 aromatic rings. The maximum Gasteiger partial charge on any atom is 0.0149 e. The summed E-state index contributed by atoms with van der Waals surface area (Å²) in [5.41, 5.74) is 0. The van der Waals surface area contributed by atoms with E-state index in [4.69, 9.17) is 0 Å². The summed E-state index contributed by atoms with van der Waals surface area (Å²) in [5.74, 6) is 1.01. The Hall–Kier alpha value is 1.21. The summed E-state index contributed by atoms with van der Waals surface area (Å²) in [7, 11) is 0. The third kappa shape index (κ3) is 1.09. The standard InChI is InChI=1S/C4H6BrI/c5-2-3-1-4(3)6/h3-4H,1-2H2/t3-,4-/m1/s1. The second-order valence-electron chi connectivity index (χ2n) is 1.67. The van der Waals surface area contributed by atoms with Crippen molar-refractivity contribution in [2.75, 3.05) is 5.33 Å². The van der Waals surface area contributed by atoms with E-state index >= 15 is 0 Å². The van der Waals surface area contributed by atoms with Crippen molar-refractivity contribution in [1.29, 1.82) is 0 Å². The van der Waals surface area contributed by atoms with Gasteiger partial charge in [-0.25, -0.2) is 0 Å². The van der Waals surface area contributed by atoms with Gasteiger partial charge in [-0.1, -0.05) is 38.5 Å². The molecule has 0 aliphatic heterocycles. The summed E-state index contributed by atoms with van der Waals surface area (Å²) >= 11 is 5.90. The molecule has 6 heavy (non-hydrogen) atoms. The van der Waals surface area contributed by atoms with E-state index in [0.717, 1.165) is 9.84 Å². The molecule has 1 rings (SSSR count). The Morgan fingerprint density at radius 2 is 2.33 bits per heavy atom. The molecule has 0 saturated heterocycles. The molecule has 0 heterocycles. The summed E-state index contributed by atoms with van der Waals surface area (Å²) in [6.45, 7) is 0. The molecular weight excluding hydrogens is 255 g/mol. The summed E-state index contributed by atoms with van der Waals surface area (Å²) in [4.78, 5) is 0. The third-order valence-corrected chi connectivity index (χ3v) is 3.39. The Kier molecular flexibility index (Phi) is 1.77. The summed E-state index contributed by atoms with van der Waals surface area (Å²) < 4.78 is 0.988. The second-order valence-corrected chi connectivity index (χ2v) is 3.91. The van der Waals surface area contributed by atoms with E-state index in [9.17, 15) is 0 Å². The van der Waals surface area contributed by atoms with Gasteiger partial charge < -0.3 is 0 Å². The molecule has 36 valence electrons. The van der Waals surface area contributed by atoms with Gasteiger partial charge in [-0.05, 0) is 12.3 Å². The molecule has 0 N–H and O–H groups in total. The molecule has 1 aliphatic rings. The van der Waals surface area contributed by atoms with Crippen molar-refractivity contribution in [3.63, 3.8) is 0 Å². The Morgan fingerprint density at radius 3 is 2.33 bits per heavy atom. The molecule has 1 saturated carbocycles. The quantitative estimate of drug-likeness (QED) is 0.501. The van der Waals surface area contributed by atoms with Crippen LogP contribution in [0.3, 0.4) is 0 Å². The van der Waals surface area contributed by atoms with Crippen molar-refractivity contribution in [2.45, 2.75) is 10.3 Å². The first kappa shape index (κ1) is 5.35. The molecule has 0 spiro atoms. The molecule has 0 aromatic heterocycles. The van der Waals surface area contributed by atoms with Gasteiger partial charge in [0.25, 0.3) is 0 Å². The second kappa shape index (κ2) is 1.99. The number of rotatable bonds is 1. The Labute approximate surface area is 60.0 Å². The Bertz CT molecular complexity index is 53.5. The van der Waals surface area contributed by atoms with Crippen LogP contribution in [0.2, 0.25) is 0 Å². The number of hydrogen-bond donors (Lipinski definition) is 0. The molecule has 0 amide bonds. The van der Waals surface area contributed by atoms with Gasteiger partial charge in [0, 0.05) is 9.25 Å². The number of halogens is 2. The average Bonchev–Trinajstić information content (AvgIpc) is 2.19. The van der Waals surface area contributed by atoms with E-state index < -0.39 is 0 Å². The smallest absolute Gasteiger partial charge is 0.0149 e. The van der Waals surface area contributed by atoms with Crippen molar-refractivity contribution in [3.8, 4) is 0 Å². The fourth-order valence-electron chi connectivity index (χ4n) is 0.370. The van der Waals surface area contributed by atoms with Gasteiger partial charge in [0.15, 0.2) is 0 Å². The van der Waals surface area contributed by atoms with Crippen LogP contribution in [0.25, 0.3) is 0 Å². The van der Waals surface area contributed by atoms with Gasteiger partial charge in [0.05, 0.1) is 0 Å². The first-order chi connectivity index (χ1) is 2.84. The summed E-state index contributed by atoms with van der Waals surface area (Å²) in [6, 6.07) is 0. The van der Waals surface area contributed by atoms with Crippen LogP contribution in [0, 0.1) is 5.92 Å². The highest BCUT2D eigenvalue weighted by Crippen LogP contribution is 2.39. The highest BCUT2D eigenvalue weighted by atomic mass is 127. The van der Waals surface area contributed by atoms with Gasteiger partial charge >= 0.3 is 0 Å². The average molecular weight is 261 g/mol. The lowest BCUT2D eigenvalue weighted by atomic mass is 10.5. The number of hydrogen-bond acceptors (Lipinski definition) is 0. The van der Waals surface area contributed by atoms with E-state index in [1.165, 1.54) is 11.8 Å². The van der Waals surface area contributed by atoms with E-state index in [2.05, 4.69) is 38.5 Å². The SMILES string of the molecule is BrC[C@H]1C[C@H]1I. The van der Waals surface area contributed by atoms with Crippen LogP contribution in [-0.2, 0) is 0 Å². The minimum Gasteiger partial charge on any atom is -0.0925 e. The maximum absolute atomic E-state index is 3.41. The Balaban J connectivity index is 2.09. The zero-order valence-corrected chi connectivity index (χ0v) is 7.07. The summed E-state index contributed by atoms with van der Waals surface area (Å²) in [6.07, 6.45) is 1.44. The van der Waals surface area contributed by atoms with Gasteiger partial charge in [-0.3, -0.25) is 0 Å². The highest BCUT2D eigenvalue weighted by molar-refractivity contribution is 14.1. The van der Waals surface area contributed by atoms with E-state index in [1.807, 2.05) is 0 Å².